The van der Waals surface area contributed by atoms with Crippen molar-refractivity contribution >= 4 is 23.1 Å². The van der Waals surface area contributed by atoms with Crippen molar-refractivity contribution in [1.82, 2.24) is 0 Å². The highest BCUT2D eigenvalue weighted by molar-refractivity contribution is 6.09. The summed E-state index contributed by atoms with van der Waals surface area (Å²) in [6.45, 7) is 1.29. The maximum absolute atomic E-state index is 11.9. The van der Waals surface area contributed by atoms with E-state index in [0.29, 0.717) is 5.75 Å². The van der Waals surface area contributed by atoms with Crippen molar-refractivity contribution in [1.29, 1.82) is 0 Å². The Balaban J connectivity index is 2.40. The lowest BCUT2D eigenvalue weighted by Crippen LogP contribution is -2.11. The lowest BCUT2D eigenvalue weighted by atomic mass is 10.0. The van der Waals surface area contributed by atoms with E-state index in [-0.39, 0.29) is 34.0 Å². The quantitative estimate of drug-likeness (QED) is 0.294. The molecule has 2 aromatic rings. The SMILES string of the molecule is COC(=O)c1cc(Oc2ccc([N+](=O)[O-])cc2)cc(N)c1C(C)=O. The Labute approximate surface area is 136 Å². The van der Waals surface area contributed by atoms with E-state index in [1.807, 2.05) is 0 Å². The van der Waals surface area contributed by atoms with Gasteiger partial charge in [0, 0.05) is 23.9 Å². The molecule has 8 nitrogen and oxygen atoms in total. The van der Waals surface area contributed by atoms with Crippen LogP contribution in [0.15, 0.2) is 36.4 Å². The number of carbonyl (C=O) groups is 2. The first-order valence-electron chi connectivity index (χ1n) is 6.78. The number of benzene rings is 2. The fourth-order valence-electron chi connectivity index (χ4n) is 2.13. The van der Waals surface area contributed by atoms with E-state index in [4.69, 9.17) is 10.5 Å². The summed E-state index contributed by atoms with van der Waals surface area (Å²) in [5, 5.41) is 10.6. The highest BCUT2D eigenvalue weighted by atomic mass is 16.6. The number of nitrogens with two attached hydrogens (primary N) is 1. The molecule has 2 rings (SSSR count). The molecule has 0 aliphatic heterocycles. The number of ketones is 1. The molecule has 0 aliphatic carbocycles. The minimum Gasteiger partial charge on any atom is -0.465 e. The molecule has 0 bridgehead atoms. The van der Waals surface area contributed by atoms with Gasteiger partial charge in [0.05, 0.1) is 23.2 Å². The summed E-state index contributed by atoms with van der Waals surface area (Å²) < 4.78 is 10.2. The van der Waals surface area contributed by atoms with Gasteiger partial charge in [0.2, 0.25) is 0 Å². The molecule has 0 saturated carbocycles. The summed E-state index contributed by atoms with van der Waals surface area (Å²) in [4.78, 5) is 33.6. The van der Waals surface area contributed by atoms with Crippen molar-refractivity contribution in [3.63, 3.8) is 0 Å². The number of hydrogen-bond donors (Lipinski definition) is 1. The summed E-state index contributed by atoms with van der Waals surface area (Å²) in [6, 6.07) is 8.11. The smallest absolute Gasteiger partial charge is 0.338 e. The predicted molar refractivity (Wildman–Crippen MR) is 85.4 cm³/mol. The zero-order valence-electron chi connectivity index (χ0n) is 12.9. The summed E-state index contributed by atoms with van der Waals surface area (Å²) in [6.07, 6.45) is 0. The molecule has 8 heteroatoms. The Morgan fingerprint density at radius 1 is 1.12 bits per heavy atom. The second kappa shape index (κ2) is 6.78. The average molecular weight is 330 g/mol. The van der Waals surface area contributed by atoms with E-state index in [1.54, 1.807) is 0 Å². The van der Waals surface area contributed by atoms with Crippen LogP contribution in [0.25, 0.3) is 0 Å². The Bertz CT molecular complexity index is 814. The van der Waals surface area contributed by atoms with Crippen LogP contribution in [0.3, 0.4) is 0 Å². The van der Waals surface area contributed by atoms with Crippen LogP contribution in [-0.4, -0.2) is 23.8 Å². The van der Waals surface area contributed by atoms with Gasteiger partial charge in [0.25, 0.3) is 5.69 Å². The Kier molecular flexibility index (Phi) is 4.78. The number of methoxy groups -OCH3 is 1. The van der Waals surface area contributed by atoms with Gasteiger partial charge in [-0.1, -0.05) is 0 Å². The Morgan fingerprint density at radius 3 is 2.25 bits per heavy atom. The topological polar surface area (TPSA) is 122 Å². The fourth-order valence-corrected chi connectivity index (χ4v) is 2.13. The zero-order valence-corrected chi connectivity index (χ0v) is 12.9. The molecule has 0 radical (unpaired) electrons. The number of nitrogen functional groups attached to an aromatic ring is 1. The monoisotopic (exact) mass is 330 g/mol. The maximum Gasteiger partial charge on any atom is 0.338 e. The number of Topliss-reactive ketones (excluding diaryl/α,β-unsaturated/α-hetero) is 1. The number of hydrogen-bond acceptors (Lipinski definition) is 7. The molecule has 24 heavy (non-hydrogen) atoms. The van der Waals surface area contributed by atoms with Gasteiger partial charge in [0.15, 0.2) is 5.78 Å². The van der Waals surface area contributed by atoms with Crippen molar-refractivity contribution in [2.24, 2.45) is 0 Å². The average Bonchev–Trinajstić information content (AvgIpc) is 2.53. The first-order chi connectivity index (χ1) is 11.3. The third-order valence-corrected chi connectivity index (χ3v) is 3.18. The van der Waals surface area contributed by atoms with Crippen LogP contribution in [0.5, 0.6) is 11.5 Å². The zero-order chi connectivity index (χ0) is 17.9. The first-order valence-corrected chi connectivity index (χ1v) is 6.78. The van der Waals surface area contributed by atoms with Crippen molar-refractivity contribution in [3.8, 4) is 11.5 Å². The maximum atomic E-state index is 11.9. The van der Waals surface area contributed by atoms with Crippen LogP contribution in [-0.2, 0) is 4.74 Å². The third kappa shape index (κ3) is 3.49. The molecule has 0 amide bonds. The molecule has 0 saturated heterocycles. The normalized spacial score (nSPS) is 10.1. The molecule has 0 heterocycles. The van der Waals surface area contributed by atoms with E-state index in [0.717, 1.165) is 0 Å². The minimum absolute atomic E-state index is 0.0121. The number of nitro benzene ring substituents is 1. The Hall–Kier alpha value is -3.42. The number of esters is 1. The lowest BCUT2D eigenvalue weighted by molar-refractivity contribution is -0.384. The van der Waals surface area contributed by atoms with Crippen LogP contribution in [0, 0.1) is 10.1 Å². The van der Waals surface area contributed by atoms with Crippen LogP contribution < -0.4 is 10.5 Å². The van der Waals surface area contributed by atoms with Gasteiger partial charge < -0.3 is 15.2 Å². The molecular formula is C16H14N2O6. The number of non-ortho nitro benzene ring substituents is 1. The number of nitro groups is 1. The highest BCUT2D eigenvalue weighted by Gasteiger charge is 2.20. The first kappa shape index (κ1) is 16.9. The number of anilines is 1. The molecule has 124 valence electrons. The minimum atomic E-state index is -0.721. The second-order valence-electron chi connectivity index (χ2n) is 4.84. The molecular weight excluding hydrogens is 316 g/mol. The second-order valence-corrected chi connectivity index (χ2v) is 4.84. The van der Waals surface area contributed by atoms with Crippen molar-refractivity contribution in [2.45, 2.75) is 6.92 Å². The van der Waals surface area contributed by atoms with Crippen LogP contribution in [0.2, 0.25) is 0 Å². The molecule has 0 aromatic heterocycles. The fraction of sp³-hybridized carbons (Fsp3) is 0.125. The summed E-state index contributed by atoms with van der Waals surface area (Å²) in [5.41, 5.74) is 5.87. The van der Waals surface area contributed by atoms with Crippen molar-refractivity contribution in [3.05, 3.63) is 57.6 Å². The standard InChI is InChI=1S/C16H14N2O6/c1-9(19)15-13(16(20)23-2)7-12(8-14(15)17)24-11-5-3-10(4-6-11)18(21)22/h3-8H,17H2,1-2H3. The van der Waals surface area contributed by atoms with Gasteiger partial charge in [0.1, 0.15) is 11.5 Å². The van der Waals surface area contributed by atoms with E-state index in [1.165, 1.54) is 50.4 Å². The molecule has 0 fully saturated rings. The molecule has 0 unspecified atom stereocenters. The summed E-state index contributed by atoms with van der Waals surface area (Å²) >= 11 is 0. The van der Waals surface area contributed by atoms with E-state index >= 15 is 0 Å². The van der Waals surface area contributed by atoms with Crippen molar-refractivity contribution < 1.29 is 24.0 Å². The molecule has 0 aliphatic rings. The number of rotatable bonds is 5. The van der Waals surface area contributed by atoms with Crippen LogP contribution in [0.1, 0.15) is 27.6 Å². The lowest BCUT2D eigenvalue weighted by Gasteiger charge is -2.12. The van der Waals surface area contributed by atoms with E-state index in [9.17, 15) is 19.7 Å². The van der Waals surface area contributed by atoms with Gasteiger partial charge in [-0.15, -0.1) is 0 Å². The number of carbonyl (C=O) groups excluding carboxylic acids is 2. The van der Waals surface area contributed by atoms with Gasteiger partial charge in [-0.2, -0.15) is 0 Å². The molecule has 2 N–H and O–H groups in total. The molecule has 0 spiro atoms. The summed E-state index contributed by atoms with van der Waals surface area (Å²) in [5.74, 6) is -0.589. The highest BCUT2D eigenvalue weighted by Crippen LogP contribution is 2.30. The Morgan fingerprint density at radius 2 is 1.75 bits per heavy atom. The number of nitrogens with zero attached hydrogens (tertiary/aromatic N) is 1. The van der Waals surface area contributed by atoms with Gasteiger partial charge in [-0.25, -0.2) is 4.79 Å². The summed E-state index contributed by atoms with van der Waals surface area (Å²) in [7, 11) is 1.19. The third-order valence-electron chi connectivity index (χ3n) is 3.18. The largest absolute Gasteiger partial charge is 0.465 e. The number of ether oxygens (including phenoxy) is 2. The van der Waals surface area contributed by atoms with Crippen LogP contribution >= 0.6 is 0 Å². The van der Waals surface area contributed by atoms with E-state index < -0.39 is 10.9 Å². The van der Waals surface area contributed by atoms with E-state index in [2.05, 4.69) is 4.74 Å². The van der Waals surface area contributed by atoms with Crippen LogP contribution in [0.4, 0.5) is 11.4 Å². The van der Waals surface area contributed by atoms with Crippen molar-refractivity contribution in [2.75, 3.05) is 12.8 Å². The van der Waals surface area contributed by atoms with Gasteiger partial charge >= 0.3 is 5.97 Å². The molecule has 2 aromatic carbocycles. The molecule has 0 atom stereocenters. The predicted octanol–water partition coefficient (Wildman–Crippen LogP) is 2.96. The van der Waals surface area contributed by atoms with Gasteiger partial charge in [-0.3, -0.25) is 14.9 Å². The van der Waals surface area contributed by atoms with Gasteiger partial charge in [-0.05, 0) is 25.1 Å².